The highest BCUT2D eigenvalue weighted by Gasteiger charge is 2.66. The second-order valence-corrected chi connectivity index (χ2v) is 7.13. The van der Waals surface area contributed by atoms with Crippen molar-refractivity contribution in [3.63, 3.8) is 0 Å². The highest BCUT2D eigenvalue weighted by molar-refractivity contribution is 5.91. The van der Waals surface area contributed by atoms with E-state index in [0.717, 1.165) is 24.5 Å². The van der Waals surface area contributed by atoms with E-state index in [-0.39, 0.29) is 5.91 Å². The second-order valence-electron chi connectivity index (χ2n) is 7.13. The molecule has 6 heteroatoms. The molecule has 1 aliphatic carbocycles. The van der Waals surface area contributed by atoms with Gasteiger partial charge in [-0.1, -0.05) is 19.9 Å². The third-order valence-electron chi connectivity index (χ3n) is 5.37. The number of carboxylic acids is 1. The lowest BCUT2D eigenvalue weighted by atomic mass is 10.1. The third kappa shape index (κ3) is 2.81. The zero-order chi connectivity index (χ0) is 17.5. The van der Waals surface area contributed by atoms with Gasteiger partial charge in [0.15, 0.2) is 0 Å². The lowest BCUT2D eigenvalue weighted by molar-refractivity contribution is -0.142. The molecule has 1 aromatic carbocycles. The van der Waals surface area contributed by atoms with Crippen LogP contribution in [0.2, 0.25) is 0 Å². The van der Waals surface area contributed by atoms with Crippen LogP contribution in [0.3, 0.4) is 0 Å². The molecule has 0 spiro atoms. The van der Waals surface area contributed by atoms with Crippen molar-refractivity contribution in [3.05, 3.63) is 24.3 Å². The normalized spacial score (nSPS) is 25.3. The molecule has 1 amide bonds. The van der Waals surface area contributed by atoms with Gasteiger partial charge >= 0.3 is 5.97 Å². The minimum absolute atomic E-state index is 0.0160. The smallest absolute Gasteiger partial charge is 0.307 e. The van der Waals surface area contributed by atoms with Crippen LogP contribution < -0.4 is 9.64 Å². The molecule has 2 aliphatic rings. The molecule has 1 heterocycles. The fourth-order valence-electron chi connectivity index (χ4n) is 3.75. The van der Waals surface area contributed by atoms with Crippen LogP contribution in [-0.2, 0) is 9.59 Å². The summed E-state index contributed by atoms with van der Waals surface area (Å²) in [5.74, 6) is -1.01. The number of rotatable bonds is 4. The van der Waals surface area contributed by atoms with E-state index in [2.05, 4.69) is 4.90 Å². The average molecular weight is 332 g/mol. The lowest BCUT2D eigenvalue weighted by Crippen LogP contribution is -2.49. The second kappa shape index (κ2) is 6.00. The van der Waals surface area contributed by atoms with Gasteiger partial charge in [0.25, 0.3) is 0 Å². The standard InChI is InChI=1S/C18H24N2O4/c1-18(2)14(15(18)17(22)23)16(21)20-9-7-19(8-10-20)12-5-4-6-13(11-12)24-3/h4-6,11,14-15H,7-10H2,1-3H3,(H,22,23)/t14-,15-/m1/s1. The van der Waals surface area contributed by atoms with Crippen molar-refractivity contribution in [2.24, 2.45) is 17.3 Å². The number of carbonyl (C=O) groups excluding carboxylic acids is 1. The summed E-state index contributed by atoms with van der Waals surface area (Å²) < 4.78 is 5.26. The zero-order valence-electron chi connectivity index (χ0n) is 14.4. The molecule has 1 saturated carbocycles. The lowest BCUT2D eigenvalue weighted by Gasteiger charge is -2.36. The number of benzene rings is 1. The number of carbonyl (C=O) groups is 2. The Morgan fingerprint density at radius 1 is 1.17 bits per heavy atom. The van der Waals surface area contributed by atoms with Crippen LogP contribution in [0.1, 0.15) is 13.8 Å². The van der Waals surface area contributed by atoms with Crippen molar-refractivity contribution in [2.75, 3.05) is 38.2 Å². The molecule has 130 valence electrons. The molecule has 1 saturated heterocycles. The van der Waals surface area contributed by atoms with Crippen molar-refractivity contribution in [3.8, 4) is 5.75 Å². The van der Waals surface area contributed by atoms with E-state index < -0.39 is 23.2 Å². The minimum atomic E-state index is -0.867. The molecular formula is C18H24N2O4. The molecule has 1 aliphatic heterocycles. The average Bonchev–Trinajstić information content (AvgIpc) is 3.17. The van der Waals surface area contributed by atoms with Gasteiger partial charge < -0.3 is 19.6 Å². The van der Waals surface area contributed by atoms with Crippen LogP contribution in [0, 0.1) is 17.3 Å². The summed E-state index contributed by atoms with van der Waals surface area (Å²) in [5.41, 5.74) is 0.643. The SMILES string of the molecule is COc1cccc(N2CCN(C(=O)[C@H]3[C@H](C(=O)O)C3(C)C)CC2)c1. The Kier molecular flexibility index (Phi) is 4.15. The van der Waals surface area contributed by atoms with Crippen LogP contribution in [0.5, 0.6) is 5.75 Å². The number of methoxy groups -OCH3 is 1. The maximum Gasteiger partial charge on any atom is 0.307 e. The Balaban J connectivity index is 1.61. The van der Waals surface area contributed by atoms with Gasteiger partial charge in [0.1, 0.15) is 5.75 Å². The summed E-state index contributed by atoms with van der Waals surface area (Å²) in [5, 5.41) is 9.26. The quantitative estimate of drug-likeness (QED) is 0.909. The third-order valence-corrected chi connectivity index (χ3v) is 5.37. The molecule has 3 rings (SSSR count). The van der Waals surface area contributed by atoms with E-state index in [1.807, 2.05) is 43.0 Å². The topological polar surface area (TPSA) is 70.1 Å². The van der Waals surface area contributed by atoms with Crippen molar-refractivity contribution < 1.29 is 19.4 Å². The molecule has 0 aromatic heterocycles. The number of aliphatic carboxylic acids is 1. The van der Waals surface area contributed by atoms with Crippen LogP contribution in [0.4, 0.5) is 5.69 Å². The summed E-state index contributed by atoms with van der Waals surface area (Å²) in [6.45, 7) is 6.44. The van der Waals surface area contributed by atoms with Gasteiger partial charge in [-0.15, -0.1) is 0 Å². The van der Waals surface area contributed by atoms with Gasteiger partial charge in [-0.3, -0.25) is 9.59 Å². The van der Waals surface area contributed by atoms with Gasteiger partial charge in [0.05, 0.1) is 18.9 Å². The van der Waals surface area contributed by atoms with Crippen LogP contribution in [0.25, 0.3) is 0 Å². The number of hydrogen-bond donors (Lipinski definition) is 1. The predicted octanol–water partition coefficient (Wildman–Crippen LogP) is 1.70. The number of nitrogens with zero attached hydrogens (tertiary/aromatic N) is 2. The summed E-state index contributed by atoms with van der Waals surface area (Å²) >= 11 is 0. The highest BCUT2D eigenvalue weighted by Crippen LogP contribution is 2.59. The van der Waals surface area contributed by atoms with Crippen molar-refractivity contribution in [2.45, 2.75) is 13.8 Å². The number of anilines is 1. The van der Waals surface area contributed by atoms with E-state index in [1.54, 1.807) is 7.11 Å². The molecular weight excluding hydrogens is 308 g/mol. The first-order valence-corrected chi connectivity index (χ1v) is 8.27. The van der Waals surface area contributed by atoms with E-state index in [9.17, 15) is 14.7 Å². The highest BCUT2D eigenvalue weighted by atomic mass is 16.5. The monoisotopic (exact) mass is 332 g/mol. The Morgan fingerprint density at radius 2 is 1.83 bits per heavy atom. The Hall–Kier alpha value is -2.24. The number of ether oxygens (including phenoxy) is 1. The Labute approximate surface area is 142 Å². The van der Waals surface area contributed by atoms with Gasteiger partial charge in [-0.05, 0) is 17.5 Å². The predicted molar refractivity (Wildman–Crippen MR) is 90.2 cm³/mol. The number of hydrogen-bond acceptors (Lipinski definition) is 4. The van der Waals surface area contributed by atoms with E-state index in [4.69, 9.17) is 4.74 Å². The van der Waals surface area contributed by atoms with Gasteiger partial charge in [-0.25, -0.2) is 0 Å². The van der Waals surface area contributed by atoms with Crippen LogP contribution in [0.15, 0.2) is 24.3 Å². The minimum Gasteiger partial charge on any atom is -0.497 e. The summed E-state index contributed by atoms with van der Waals surface area (Å²) in [4.78, 5) is 28.0. The number of piperazine rings is 1. The van der Waals surface area contributed by atoms with Crippen molar-refractivity contribution >= 4 is 17.6 Å². The van der Waals surface area contributed by atoms with Gasteiger partial charge in [0, 0.05) is 37.9 Å². The van der Waals surface area contributed by atoms with E-state index >= 15 is 0 Å². The molecule has 24 heavy (non-hydrogen) atoms. The number of carboxylic acid groups (broad SMARTS) is 1. The van der Waals surface area contributed by atoms with Gasteiger partial charge in [-0.2, -0.15) is 0 Å². The molecule has 0 bridgehead atoms. The Morgan fingerprint density at radius 3 is 2.38 bits per heavy atom. The maximum atomic E-state index is 12.7. The van der Waals surface area contributed by atoms with E-state index in [0.29, 0.717) is 13.1 Å². The summed E-state index contributed by atoms with van der Waals surface area (Å²) in [6.07, 6.45) is 0. The number of amides is 1. The molecule has 1 aromatic rings. The molecule has 2 atom stereocenters. The first-order valence-electron chi connectivity index (χ1n) is 8.27. The fourth-order valence-corrected chi connectivity index (χ4v) is 3.75. The van der Waals surface area contributed by atoms with Crippen LogP contribution >= 0.6 is 0 Å². The van der Waals surface area contributed by atoms with Crippen molar-refractivity contribution in [1.29, 1.82) is 0 Å². The largest absolute Gasteiger partial charge is 0.497 e. The Bertz CT molecular complexity index is 650. The summed E-state index contributed by atoms with van der Waals surface area (Å²) in [7, 11) is 1.64. The molecule has 6 nitrogen and oxygen atoms in total. The molecule has 0 unspecified atom stereocenters. The molecule has 2 fully saturated rings. The molecule has 1 N–H and O–H groups in total. The maximum absolute atomic E-state index is 12.7. The summed E-state index contributed by atoms with van der Waals surface area (Å²) in [6, 6.07) is 7.88. The molecule has 0 radical (unpaired) electrons. The van der Waals surface area contributed by atoms with Crippen LogP contribution in [-0.4, -0.2) is 55.2 Å². The van der Waals surface area contributed by atoms with Gasteiger partial charge in [0.2, 0.25) is 5.91 Å². The zero-order valence-corrected chi connectivity index (χ0v) is 14.4. The first-order chi connectivity index (χ1) is 11.4. The first kappa shape index (κ1) is 16.6. The van der Waals surface area contributed by atoms with E-state index in [1.165, 1.54) is 0 Å². The van der Waals surface area contributed by atoms with Crippen molar-refractivity contribution in [1.82, 2.24) is 4.90 Å². The fraction of sp³-hybridized carbons (Fsp3) is 0.556.